The van der Waals surface area contributed by atoms with Crippen LogP contribution < -0.4 is 16.0 Å². The van der Waals surface area contributed by atoms with E-state index in [1.807, 2.05) is 30.3 Å². The highest BCUT2D eigenvalue weighted by Gasteiger charge is 2.02. The van der Waals surface area contributed by atoms with Crippen molar-refractivity contribution >= 4 is 40.0 Å². The van der Waals surface area contributed by atoms with E-state index in [0.717, 1.165) is 48.3 Å². The summed E-state index contributed by atoms with van der Waals surface area (Å²) in [5.74, 6) is 1.29. The number of nitrogens with one attached hydrogen (secondary N) is 3. The van der Waals surface area contributed by atoms with Gasteiger partial charge in [-0.15, -0.1) is 0 Å². The Balaban J connectivity index is 1.41. The van der Waals surface area contributed by atoms with Gasteiger partial charge in [0.2, 0.25) is 5.95 Å². The summed E-state index contributed by atoms with van der Waals surface area (Å²) in [6.45, 7) is 2.18. The zero-order valence-corrected chi connectivity index (χ0v) is 15.7. The van der Waals surface area contributed by atoms with Gasteiger partial charge in [-0.05, 0) is 43.2 Å². The molecule has 0 bridgehead atoms. The minimum Gasteiger partial charge on any atom is -0.395 e. The van der Waals surface area contributed by atoms with E-state index in [-0.39, 0.29) is 6.61 Å². The molecule has 0 aliphatic rings. The molecule has 0 aliphatic carbocycles. The third-order valence-corrected chi connectivity index (χ3v) is 4.22. The average molecular weight is 387 g/mol. The summed E-state index contributed by atoms with van der Waals surface area (Å²) in [6.07, 6.45) is 5.51. The standard InChI is InChI=1S/C19H23ClN6O/c20-14-3-4-15-16(5-9-22-17(15)13-14)21-7-1-2-8-23-18-6-10-24-19(26-18)25-11-12-27/h3-6,9-10,13,27H,1-2,7-8,11-12H2,(H,21,22)(H2,23,24,25,26). The van der Waals surface area contributed by atoms with Gasteiger partial charge in [0.1, 0.15) is 5.82 Å². The normalized spacial score (nSPS) is 10.7. The summed E-state index contributed by atoms with van der Waals surface area (Å²) < 4.78 is 0. The number of aromatic nitrogens is 3. The molecule has 8 heteroatoms. The van der Waals surface area contributed by atoms with Crippen LogP contribution in [0.4, 0.5) is 17.5 Å². The van der Waals surface area contributed by atoms with E-state index in [9.17, 15) is 0 Å². The summed E-state index contributed by atoms with van der Waals surface area (Å²) in [5.41, 5.74) is 1.96. The average Bonchev–Trinajstić information content (AvgIpc) is 2.69. The number of hydrogen-bond donors (Lipinski definition) is 4. The predicted molar refractivity (Wildman–Crippen MR) is 111 cm³/mol. The fourth-order valence-corrected chi connectivity index (χ4v) is 2.84. The predicted octanol–water partition coefficient (Wildman–Crippen LogP) is 3.39. The molecule has 2 aromatic heterocycles. The summed E-state index contributed by atoms with van der Waals surface area (Å²) in [6, 6.07) is 9.56. The fourth-order valence-electron chi connectivity index (χ4n) is 2.67. The van der Waals surface area contributed by atoms with Crippen LogP contribution in [0, 0.1) is 0 Å². The van der Waals surface area contributed by atoms with Crippen molar-refractivity contribution < 1.29 is 5.11 Å². The van der Waals surface area contributed by atoms with Crippen LogP contribution in [0.1, 0.15) is 12.8 Å². The van der Waals surface area contributed by atoms with Gasteiger partial charge in [0.25, 0.3) is 0 Å². The van der Waals surface area contributed by atoms with Crippen molar-refractivity contribution in [2.75, 3.05) is 42.2 Å². The van der Waals surface area contributed by atoms with Gasteiger partial charge in [-0.1, -0.05) is 11.6 Å². The molecule has 0 spiro atoms. The number of pyridine rings is 1. The molecule has 0 saturated heterocycles. The van der Waals surface area contributed by atoms with Gasteiger partial charge in [0.05, 0.1) is 12.1 Å². The molecule has 7 nitrogen and oxygen atoms in total. The maximum atomic E-state index is 8.82. The number of anilines is 3. The summed E-state index contributed by atoms with van der Waals surface area (Å²) in [4.78, 5) is 12.8. The Labute approximate surface area is 163 Å². The highest BCUT2D eigenvalue weighted by atomic mass is 35.5. The molecule has 0 saturated carbocycles. The molecular formula is C19H23ClN6O. The number of benzene rings is 1. The van der Waals surface area contributed by atoms with Crippen LogP contribution in [0.15, 0.2) is 42.7 Å². The number of aliphatic hydroxyl groups is 1. The zero-order chi connectivity index (χ0) is 18.9. The summed E-state index contributed by atoms with van der Waals surface area (Å²) in [7, 11) is 0. The van der Waals surface area contributed by atoms with Crippen LogP contribution in [-0.4, -0.2) is 46.3 Å². The molecule has 1 aromatic carbocycles. The lowest BCUT2D eigenvalue weighted by Gasteiger charge is -2.10. The van der Waals surface area contributed by atoms with E-state index in [1.54, 1.807) is 12.4 Å². The minimum absolute atomic E-state index is 0.0494. The fraction of sp³-hybridized carbons (Fsp3) is 0.316. The molecule has 0 unspecified atom stereocenters. The molecule has 0 aliphatic heterocycles. The topological polar surface area (TPSA) is 95.0 Å². The van der Waals surface area contributed by atoms with E-state index in [2.05, 4.69) is 30.9 Å². The van der Waals surface area contributed by atoms with Gasteiger partial charge in [-0.2, -0.15) is 4.98 Å². The second kappa shape index (κ2) is 9.89. The van der Waals surface area contributed by atoms with Gasteiger partial charge >= 0.3 is 0 Å². The first kappa shape index (κ1) is 19.1. The van der Waals surface area contributed by atoms with Crippen LogP contribution in [0.25, 0.3) is 10.9 Å². The van der Waals surface area contributed by atoms with Crippen molar-refractivity contribution in [3.63, 3.8) is 0 Å². The van der Waals surface area contributed by atoms with Gasteiger partial charge < -0.3 is 21.1 Å². The van der Waals surface area contributed by atoms with Gasteiger partial charge in [0, 0.05) is 48.1 Å². The van der Waals surface area contributed by atoms with E-state index in [1.165, 1.54) is 0 Å². The Hall–Kier alpha value is -2.64. The first-order chi connectivity index (χ1) is 13.3. The maximum absolute atomic E-state index is 8.82. The van der Waals surface area contributed by atoms with Gasteiger partial charge in [0.15, 0.2) is 0 Å². The van der Waals surface area contributed by atoms with E-state index in [4.69, 9.17) is 16.7 Å². The van der Waals surface area contributed by atoms with Crippen molar-refractivity contribution in [2.24, 2.45) is 0 Å². The monoisotopic (exact) mass is 386 g/mol. The lowest BCUT2D eigenvalue weighted by atomic mass is 10.2. The number of nitrogens with zero attached hydrogens (tertiary/aromatic N) is 3. The number of rotatable bonds is 10. The van der Waals surface area contributed by atoms with Crippen LogP contribution in [0.5, 0.6) is 0 Å². The number of unbranched alkanes of at least 4 members (excludes halogenated alkanes) is 1. The van der Waals surface area contributed by atoms with Gasteiger partial charge in [-0.25, -0.2) is 4.98 Å². The smallest absolute Gasteiger partial charge is 0.224 e. The molecule has 0 radical (unpaired) electrons. The largest absolute Gasteiger partial charge is 0.395 e. The van der Waals surface area contributed by atoms with E-state index in [0.29, 0.717) is 17.5 Å². The van der Waals surface area contributed by atoms with Crippen LogP contribution >= 0.6 is 11.6 Å². The third kappa shape index (κ3) is 5.67. The quantitative estimate of drug-likeness (QED) is 0.397. The number of aliphatic hydroxyl groups excluding tert-OH is 1. The number of fused-ring (bicyclic) bond motifs is 1. The highest BCUT2D eigenvalue weighted by molar-refractivity contribution is 6.31. The van der Waals surface area contributed by atoms with E-state index >= 15 is 0 Å². The zero-order valence-electron chi connectivity index (χ0n) is 15.0. The first-order valence-corrected chi connectivity index (χ1v) is 9.34. The second-order valence-corrected chi connectivity index (χ2v) is 6.43. The Morgan fingerprint density at radius 3 is 2.56 bits per heavy atom. The molecule has 0 amide bonds. The Morgan fingerprint density at radius 2 is 1.70 bits per heavy atom. The minimum atomic E-state index is 0.0494. The van der Waals surface area contributed by atoms with Crippen LogP contribution in [0.3, 0.4) is 0 Å². The molecule has 0 fully saturated rings. The highest BCUT2D eigenvalue weighted by Crippen LogP contribution is 2.24. The first-order valence-electron chi connectivity index (χ1n) is 8.96. The lowest BCUT2D eigenvalue weighted by Crippen LogP contribution is -2.11. The Bertz CT molecular complexity index is 876. The number of hydrogen-bond acceptors (Lipinski definition) is 7. The third-order valence-electron chi connectivity index (χ3n) is 3.98. The molecule has 142 valence electrons. The molecule has 0 atom stereocenters. The molecule has 3 aromatic rings. The summed E-state index contributed by atoms with van der Waals surface area (Å²) >= 11 is 6.03. The molecule has 2 heterocycles. The number of halogens is 1. The Kier molecular flexibility index (Phi) is 7.01. The lowest BCUT2D eigenvalue weighted by molar-refractivity contribution is 0.311. The van der Waals surface area contributed by atoms with Crippen LogP contribution in [0.2, 0.25) is 5.02 Å². The SMILES string of the molecule is OCCNc1nccc(NCCCCNc2ccnc3cc(Cl)ccc23)n1. The van der Waals surface area contributed by atoms with Crippen molar-refractivity contribution in [1.82, 2.24) is 15.0 Å². The van der Waals surface area contributed by atoms with Crippen molar-refractivity contribution in [1.29, 1.82) is 0 Å². The van der Waals surface area contributed by atoms with Crippen molar-refractivity contribution in [2.45, 2.75) is 12.8 Å². The molecule has 4 N–H and O–H groups in total. The molecular weight excluding hydrogens is 364 g/mol. The van der Waals surface area contributed by atoms with Gasteiger partial charge in [-0.3, -0.25) is 4.98 Å². The second-order valence-electron chi connectivity index (χ2n) is 6.00. The summed E-state index contributed by atoms with van der Waals surface area (Å²) in [5, 5.41) is 20.3. The van der Waals surface area contributed by atoms with Crippen molar-refractivity contribution in [3.05, 3.63) is 47.7 Å². The Morgan fingerprint density at radius 1 is 0.889 bits per heavy atom. The molecule has 27 heavy (non-hydrogen) atoms. The van der Waals surface area contributed by atoms with Crippen LogP contribution in [-0.2, 0) is 0 Å². The van der Waals surface area contributed by atoms with E-state index < -0.39 is 0 Å². The molecule has 3 rings (SSSR count). The van der Waals surface area contributed by atoms with Crippen molar-refractivity contribution in [3.8, 4) is 0 Å². The maximum Gasteiger partial charge on any atom is 0.224 e.